The number of ether oxygens (including phenoxy) is 1. The molecule has 0 heterocycles. The first-order chi connectivity index (χ1) is 9.69. The number of rotatable bonds is 5. The van der Waals surface area contributed by atoms with Crippen LogP contribution in [0.15, 0.2) is 61.2 Å². The Bertz CT molecular complexity index is 583. The SMILES string of the molecule is C=CCOC(=O)Cc1ccc(-c2ccc(O)cc2)cc1. The third kappa shape index (κ3) is 3.72. The standard InChI is InChI=1S/C17H16O3/c1-2-11-20-17(19)12-13-3-5-14(6-4-13)15-7-9-16(18)10-8-15/h2-10,18H,1,11-12H2. The minimum Gasteiger partial charge on any atom is -0.508 e. The minimum atomic E-state index is -0.262. The zero-order chi connectivity index (χ0) is 14.4. The average Bonchev–Trinajstić information content (AvgIpc) is 2.47. The minimum absolute atomic E-state index is 0.241. The fourth-order valence-corrected chi connectivity index (χ4v) is 1.84. The smallest absolute Gasteiger partial charge is 0.310 e. The molecule has 0 fully saturated rings. The van der Waals surface area contributed by atoms with Gasteiger partial charge in [-0.1, -0.05) is 49.1 Å². The summed E-state index contributed by atoms with van der Waals surface area (Å²) in [5, 5.41) is 9.26. The van der Waals surface area contributed by atoms with Crippen LogP contribution < -0.4 is 0 Å². The first-order valence-corrected chi connectivity index (χ1v) is 6.34. The van der Waals surface area contributed by atoms with Crippen LogP contribution in [0.25, 0.3) is 11.1 Å². The van der Waals surface area contributed by atoms with Gasteiger partial charge >= 0.3 is 5.97 Å². The van der Waals surface area contributed by atoms with Gasteiger partial charge in [0.2, 0.25) is 0 Å². The Morgan fingerprint density at radius 2 is 1.60 bits per heavy atom. The molecule has 0 amide bonds. The number of carbonyl (C=O) groups excluding carboxylic acids is 1. The molecule has 0 bridgehead atoms. The van der Waals surface area contributed by atoms with Gasteiger partial charge < -0.3 is 9.84 Å². The Hall–Kier alpha value is -2.55. The molecule has 0 spiro atoms. The van der Waals surface area contributed by atoms with E-state index in [1.165, 1.54) is 0 Å². The molecule has 1 N–H and O–H groups in total. The van der Waals surface area contributed by atoms with Gasteiger partial charge in [-0.3, -0.25) is 4.79 Å². The van der Waals surface area contributed by atoms with E-state index in [9.17, 15) is 9.90 Å². The van der Waals surface area contributed by atoms with Crippen LogP contribution in [0.3, 0.4) is 0 Å². The second-order valence-corrected chi connectivity index (χ2v) is 4.39. The fraction of sp³-hybridized carbons (Fsp3) is 0.118. The van der Waals surface area contributed by atoms with Crippen LogP contribution in [0.4, 0.5) is 0 Å². The van der Waals surface area contributed by atoms with Crippen molar-refractivity contribution in [2.24, 2.45) is 0 Å². The fourth-order valence-electron chi connectivity index (χ4n) is 1.84. The van der Waals surface area contributed by atoms with Gasteiger partial charge in [0.25, 0.3) is 0 Å². The number of benzene rings is 2. The summed E-state index contributed by atoms with van der Waals surface area (Å²) in [6.45, 7) is 3.74. The monoisotopic (exact) mass is 268 g/mol. The van der Waals surface area contributed by atoms with Crippen molar-refractivity contribution in [3.8, 4) is 16.9 Å². The molecule has 3 heteroatoms. The van der Waals surface area contributed by atoms with E-state index in [1.807, 2.05) is 36.4 Å². The van der Waals surface area contributed by atoms with Crippen molar-refractivity contribution in [2.45, 2.75) is 6.42 Å². The van der Waals surface area contributed by atoms with Gasteiger partial charge in [-0.15, -0.1) is 0 Å². The molecule has 0 aromatic heterocycles. The maximum atomic E-state index is 11.5. The average molecular weight is 268 g/mol. The molecule has 2 aromatic rings. The predicted octanol–water partition coefficient (Wildman–Crippen LogP) is 3.33. The maximum Gasteiger partial charge on any atom is 0.310 e. The highest BCUT2D eigenvalue weighted by Gasteiger charge is 2.04. The third-order valence-corrected chi connectivity index (χ3v) is 2.87. The van der Waals surface area contributed by atoms with Crippen molar-refractivity contribution in [3.05, 3.63) is 66.7 Å². The molecule has 0 aliphatic heterocycles. The Labute approximate surface area is 118 Å². The number of carbonyl (C=O) groups is 1. The highest BCUT2D eigenvalue weighted by molar-refractivity contribution is 5.73. The topological polar surface area (TPSA) is 46.5 Å². The van der Waals surface area contributed by atoms with Crippen LogP contribution in [-0.4, -0.2) is 17.7 Å². The summed E-state index contributed by atoms with van der Waals surface area (Å²) in [7, 11) is 0. The number of hydrogen-bond acceptors (Lipinski definition) is 3. The van der Waals surface area contributed by atoms with Crippen molar-refractivity contribution in [1.82, 2.24) is 0 Å². The molecule has 2 aromatic carbocycles. The van der Waals surface area contributed by atoms with Crippen LogP contribution in [0.1, 0.15) is 5.56 Å². The van der Waals surface area contributed by atoms with Gasteiger partial charge in [-0.2, -0.15) is 0 Å². The van der Waals surface area contributed by atoms with Crippen molar-refractivity contribution in [1.29, 1.82) is 0 Å². The summed E-state index contributed by atoms with van der Waals surface area (Å²) in [5.41, 5.74) is 2.96. The van der Waals surface area contributed by atoms with Gasteiger partial charge in [0.05, 0.1) is 6.42 Å². The number of phenolic OH excluding ortho intramolecular Hbond substituents is 1. The van der Waals surface area contributed by atoms with Crippen LogP contribution in [0.5, 0.6) is 5.75 Å². The lowest BCUT2D eigenvalue weighted by molar-refractivity contribution is -0.141. The second-order valence-electron chi connectivity index (χ2n) is 4.39. The van der Waals surface area contributed by atoms with Crippen LogP contribution >= 0.6 is 0 Å². The summed E-state index contributed by atoms with van der Waals surface area (Å²) >= 11 is 0. The van der Waals surface area contributed by atoms with Gasteiger partial charge in [-0.05, 0) is 28.8 Å². The van der Waals surface area contributed by atoms with E-state index in [4.69, 9.17) is 4.74 Å². The lowest BCUT2D eigenvalue weighted by atomic mass is 10.0. The molecule has 0 aliphatic rings. The molecular formula is C17H16O3. The van der Waals surface area contributed by atoms with E-state index in [0.29, 0.717) is 0 Å². The van der Waals surface area contributed by atoms with Gasteiger partial charge in [0.15, 0.2) is 0 Å². The molecule has 0 aliphatic carbocycles. The van der Waals surface area contributed by atoms with Crippen molar-refractivity contribution in [3.63, 3.8) is 0 Å². The van der Waals surface area contributed by atoms with Crippen molar-refractivity contribution < 1.29 is 14.6 Å². The normalized spacial score (nSPS) is 10.0. The summed E-state index contributed by atoms with van der Waals surface area (Å²) in [5.74, 6) is -0.0161. The summed E-state index contributed by atoms with van der Waals surface area (Å²) in [6, 6.07) is 14.7. The second kappa shape index (κ2) is 6.57. The van der Waals surface area contributed by atoms with E-state index in [2.05, 4.69) is 6.58 Å². The molecule has 3 nitrogen and oxygen atoms in total. The van der Waals surface area contributed by atoms with E-state index in [-0.39, 0.29) is 24.7 Å². The summed E-state index contributed by atoms with van der Waals surface area (Å²) < 4.78 is 4.94. The number of hydrogen-bond donors (Lipinski definition) is 1. The number of phenols is 1. The van der Waals surface area contributed by atoms with E-state index < -0.39 is 0 Å². The van der Waals surface area contributed by atoms with Crippen molar-refractivity contribution in [2.75, 3.05) is 6.61 Å². The Morgan fingerprint density at radius 1 is 1.05 bits per heavy atom. The van der Waals surface area contributed by atoms with Crippen LogP contribution in [-0.2, 0) is 16.0 Å². The maximum absolute atomic E-state index is 11.5. The zero-order valence-electron chi connectivity index (χ0n) is 11.1. The molecule has 0 unspecified atom stereocenters. The van der Waals surface area contributed by atoms with Crippen molar-refractivity contribution >= 4 is 5.97 Å². The van der Waals surface area contributed by atoms with E-state index in [1.54, 1.807) is 18.2 Å². The Kier molecular flexibility index (Phi) is 4.56. The van der Waals surface area contributed by atoms with Crippen LogP contribution in [0.2, 0.25) is 0 Å². The first kappa shape index (κ1) is 13.9. The number of aromatic hydroxyl groups is 1. The highest BCUT2D eigenvalue weighted by Crippen LogP contribution is 2.22. The lowest BCUT2D eigenvalue weighted by Crippen LogP contribution is -2.07. The highest BCUT2D eigenvalue weighted by atomic mass is 16.5. The molecule has 20 heavy (non-hydrogen) atoms. The number of esters is 1. The predicted molar refractivity (Wildman–Crippen MR) is 78.4 cm³/mol. The Balaban J connectivity index is 2.04. The quantitative estimate of drug-likeness (QED) is 0.668. The van der Waals surface area contributed by atoms with E-state index in [0.717, 1.165) is 16.7 Å². The molecule has 0 radical (unpaired) electrons. The summed E-state index contributed by atoms with van der Waals surface area (Å²) in [4.78, 5) is 11.5. The van der Waals surface area contributed by atoms with Gasteiger partial charge in [-0.25, -0.2) is 0 Å². The summed E-state index contributed by atoms with van der Waals surface area (Å²) in [6.07, 6.45) is 1.80. The molecular weight excluding hydrogens is 252 g/mol. The molecule has 2 rings (SSSR count). The zero-order valence-corrected chi connectivity index (χ0v) is 11.1. The Morgan fingerprint density at radius 3 is 2.15 bits per heavy atom. The van der Waals surface area contributed by atoms with Crippen LogP contribution in [0, 0.1) is 0 Å². The largest absolute Gasteiger partial charge is 0.508 e. The molecule has 0 atom stereocenters. The van der Waals surface area contributed by atoms with Gasteiger partial charge in [0.1, 0.15) is 12.4 Å². The van der Waals surface area contributed by atoms with Gasteiger partial charge in [0, 0.05) is 0 Å². The lowest BCUT2D eigenvalue weighted by Gasteiger charge is -2.05. The van der Waals surface area contributed by atoms with E-state index >= 15 is 0 Å². The first-order valence-electron chi connectivity index (χ1n) is 6.34. The molecule has 0 saturated carbocycles. The third-order valence-electron chi connectivity index (χ3n) is 2.87. The molecule has 102 valence electrons. The molecule has 0 saturated heterocycles.